The van der Waals surface area contributed by atoms with Gasteiger partial charge in [0.2, 0.25) is 9.84 Å². The summed E-state index contributed by atoms with van der Waals surface area (Å²) < 4.78 is 26.0. The van der Waals surface area contributed by atoms with Gasteiger partial charge in [0.1, 0.15) is 0 Å². The van der Waals surface area contributed by atoms with Gasteiger partial charge in [-0.05, 0) is 42.5 Å². The van der Waals surface area contributed by atoms with Gasteiger partial charge >= 0.3 is 0 Å². The van der Waals surface area contributed by atoms with Gasteiger partial charge in [0.05, 0.1) is 9.79 Å². The summed E-state index contributed by atoms with van der Waals surface area (Å²) in [5.41, 5.74) is 1.17. The van der Waals surface area contributed by atoms with E-state index in [1.54, 1.807) is 36.5 Å². The fourth-order valence-corrected chi connectivity index (χ4v) is 3.69. The Kier molecular flexibility index (Phi) is 3.43. The number of halogens is 1. The van der Waals surface area contributed by atoms with Gasteiger partial charge in [0.25, 0.3) is 0 Å². The van der Waals surface area contributed by atoms with Gasteiger partial charge in [-0.1, -0.05) is 15.9 Å². The molecule has 0 fully saturated rings. The maximum atomic E-state index is 12.6. The standard InChI is InChI=1S/C15H10BrNO3S/c16-11-1-3-12(4-2-11)21(19,20)13-5-6-15-14(7-13)10(9-18)8-17-15/h1-9,17H. The molecule has 0 bridgehead atoms. The lowest BCUT2D eigenvalue weighted by atomic mass is 10.2. The molecule has 6 heteroatoms. The van der Waals surface area contributed by atoms with Crippen LogP contribution in [0.25, 0.3) is 10.9 Å². The molecule has 1 N–H and O–H groups in total. The first-order valence-electron chi connectivity index (χ1n) is 6.09. The number of hydrogen-bond donors (Lipinski definition) is 1. The van der Waals surface area contributed by atoms with Crippen LogP contribution >= 0.6 is 15.9 Å². The van der Waals surface area contributed by atoms with Crippen molar-refractivity contribution >= 4 is 43.0 Å². The molecule has 21 heavy (non-hydrogen) atoms. The van der Waals surface area contributed by atoms with Crippen molar-refractivity contribution in [3.05, 3.63) is 58.7 Å². The second-order valence-electron chi connectivity index (χ2n) is 4.53. The fourth-order valence-electron chi connectivity index (χ4n) is 2.14. The summed E-state index contributed by atoms with van der Waals surface area (Å²) in [6.45, 7) is 0. The quantitative estimate of drug-likeness (QED) is 0.723. The van der Waals surface area contributed by atoms with Gasteiger partial charge in [-0.25, -0.2) is 8.42 Å². The van der Waals surface area contributed by atoms with Crippen LogP contribution in [-0.2, 0) is 9.84 Å². The van der Waals surface area contributed by atoms with Gasteiger partial charge in [-0.3, -0.25) is 4.79 Å². The van der Waals surface area contributed by atoms with E-state index in [4.69, 9.17) is 0 Å². The summed E-state index contributed by atoms with van der Waals surface area (Å²) in [5.74, 6) is 0. The van der Waals surface area contributed by atoms with E-state index in [1.807, 2.05) is 0 Å². The highest BCUT2D eigenvalue weighted by Crippen LogP contribution is 2.26. The second kappa shape index (κ2) is 5.13. The van der Waals surface area contributed by atoms with Crippen molar-refractivity contribution in [1.29, 1.82) is 0 Å². The molecule has 0 unspecified atom stereocenters. The van der Waals surface area contributed by atoms with Crippen LogP contribution in [0.3, 0.4) is 0 Å². The Bertz CT molecular complexity index is 927. The number of aromatic amines is 1. The molecule has 4 nitrogen and oxygen atoms in total. The molecule has 0 aliphatic rings. The third kappa shape index (κ3) is 2.41. The number of aromatic nitrogens is 1. The first-order valence-corrected chi connectivity index (χ1v) is 8.37. The van der Waals surface area contributed by atoms with Crippen molar-refractivity contribution in [1.82, 2.24) is 4.98 Å². The Morgan fingerprint density at radius 3 is 2.33 bits per heavy atom. The Labute approximate surface area is 129 Å². The molecule has 2 aromatic carbocycles. The highest BCUT2D eigenvalue weighted by Gasteiger charge is 2.18. The molecule has 0 amide bonds. The Balaban J connectivity index is 2.18. The summed E-state index contributed by atoms with van der Waals surface area (Å²) in [5, 5.41) is 0.600. The fraction of sp³-hybridized carbons (Fsp3) is 0. The number of carbonyl (C=O) groups excluding carboxylic acids is 1. The number of H-pyrrole nitrogens is 1. The molecule has 0 radical (unpaired) electrons. The van der Waals surface area contributed by atoms with Crippen molar-refractivity contribution in [3.63, 3.8) is 0 Å². The normalized spacial score (nSPS) is 11.7. The minimum Gasteiger partial charge on any atom is -0.360 e. The summed E-state index contributed by atoms with van der Waals surface area (Å²) >= 11 is 3.28. The van der Waals surface area contributed by atoms with E-state index < -0.39 is 9.84 Å². The number of benzene rings is 2. The number of nitrogens with one attached hydrogen (secondary N) is 1. The smallest absolute Gasteiger partial charge is 0.206 e. The van der Waals surface area contributed by atoms with Gasteiger partial charge in [-0.2, -0.15) is 0 Å². The van der Waals surface area contributed by atoms with E-state index in [-0.39, 0.29) is 9.79 Å². The van der Waals surface area contributed by atoms with Crippen LogP contribution < -0.4 is 0 Å². The molecule has 1 heterocycles. The van der Waals surface area contributed by atoms with E-state index in [2.05, 4.69) is 20.9 Å². The minimum absolute atomic E-state index is 0.167. The van der Waals surface area contributed by atoms with Crippen molar-refractivity contribution in [2.45, 2.75) is 9.79 Å². The largest absolute Gasteiger partial charge is 0.360 e. The van der Waals surface area contributed by atoms with Crippen LogP contribution in [-0.4, -0.2) is 19.7 Å². The second-order valence-corrected chi connectivity index (χ2v) is 7.39. The average molecular weight is 364 g/mol. The zero-order valence-corrected chi connectivity index (χ0v) is 13.1. The number of carbonyl (C=O) groups is 1. The molecular formula is C15H10BrNO3S. The van der Waals surface area contributed by atoms with Crippen LogP contribution in [0.4, 0.5) is 0 Å². The summed E-state index contributed by atoms with van der Waals surface area (Å²) in [4.78, 5) is 14.3. The summed E-state index contributed by atoms with van der Waals surface area (Å²) in [7, 11) is -3.60. The Morgan fingerprint density at radius 2 is 1.67 bits per heavy atom. The molecule has 3 rings (SSSR count). The summed E-state index contributed by atoms with van der Waals surface area (Å²) in [6, 6.07) is 11.2. The van der Waals surface area contributed by atoms with Crippen molar-refractivity contribution in [3.8, 4) is 0 Å². The SMILES string of the molecule is O=Cc1c[nH]c2ccc(S(=O)(=O)c3ccc(Br)cc3)cc12. The predicted octanol–water partition coefficient (Wildman–Crippen LogP) is 3.58. The van der Waals surface area contributed by atoms with Gasteiger partial charge < -0.3 is 4.98 Å². The van der Waals surface area contributed by atoms with E-state index in [1.165, 1.54) is 12.1 Å². The van der Waals surface area contributed by atoms with Crippen molar-refractivity contribution in [2.75, 3.05) is 0 Å². The van der Waals surface area contributed by atoms with Crippen LogP contribution in [0, 0.1) is 0 Å². The number of fused-ring (bicyclic) bond motifs is 1. The van der Waals surface area contributed by atoms with E-state index in [0.29, 0.717) is 17.2 Å². The predicted molar refractivity (Wildman–Crippen MR) is 83.3 cm³/mol. The lowest BCUT2D eigenvalue weighted by Crippen LogP contribution is -2.01. The van der Waals surface area contributed by atoms with Crippen LogP contribution in [0.2, 0.25) is 0 Å². The first kappa shape index (κ1) is 14.0. The molecule has 0 saturated carbocycles. The Hall–Kier alpha value is -1.92. The maximum Gasteiger partial charge on any atom is 0.206 e. The monoisotopic (exact) mass is 363 g/mol. The van der Waals surface area contributed by atoms with Crippen LogP contribution in [0.15, 0.2) is 62.9 Å². The zero-order valence-electron chi connectivity index (χ0n) is 10.7. The molecule has 0 saturated heterocycles. The highest BCUT2D eigenvalue weighted by molar-refractivity contribution is 9.10. The Morgan fingerprint density at radius 1 is 1.00 bits per heavy atom. The van der Waals surface area contributed by atoms with Gasteiger partial charge in [0, 0.05) is 27.1 Å². The molecule has 3 aromatic rings. The molecule has 1 aromatic heterocycles. The average Bonchev–Trinajstić information content (AvgIpc) is 2.89. The van der Waals surface area contributed by atoms with Crippen molar-refractivity contribution in [2.24, 2.45) is 0 Å². The molecule has 106 valence electrons. The molecular weight excluding hydrogens is 354 g/mol. The molecule has 0 spiro atoms. The lowest BCUT2D eigenvalue weighted by Gasteiger charge is -2.05. The minimum atomic E-state index is -3.60. The lowest BCUT2D eigenvalue weighted by molar-refractivity contribution is 0.112. The highest BCUT2D eigenvalue weighted by atomic mass is 79.9. The summed E-state index contributed by atoms with van der Waals surface area (Å²) in [6.07, 6.45) is 2.27. The molecule has 0 aliphatic carbocycles. The third-order valence-corrected chi connectivity index (χ3v) is 5.54. The number of hydrogen-bond acceptors (Lipinski definition) is 3. The van der Waals surface area contributed by atoms with Crippen LogP contribution in [0.5, 0.6) is 0 Å². The zero-order chi connectivity index (χ0) is 15.0. The van der Waals surface area contributed by atoms with Crippen LogP contribution in [0.1, 0.15) is 10.4 Å². The van der Waals surface area contributed by atoms with Gasteiger partial charge in [-0.15, -0.1) is 0 Å². The van der Waals surface area contributed by atoms with E-state index >= 15 is 0 Å². The van der Waals surface area contributed by atoms with E-state index in [0.717, 1.165) is 9.99 Å². The third-order valence-electron chi connectivity index (χ3n) is 3.25. The maximum absolute atomic E-state index is 12.6. The van der Waals surface area contributed by atoms with Gasteiger partial charge in [0.15, 0.2) is 6.29 Å². The molecule has 0 aliphatic heterocycles. The topological polar surface area (TPSA) is 67.0 Å². The number of aldehydes is 1. The first-order chi connectivity index (χ1) is 10.0. The molecule has 0 atom stereocenters. The number of sulfone groups is 1. The van der Waals surface area contributed by atoms with E-state index in [9.17, 15) is 13.2 Å². The number of rotatable bonds is 3. The van der Waals surface area contributed by atoms with Crippen molar-refractivity contribution < 1.29 is 13.2 Å².